The highest BCUT2D eigenvalue weighted by molar-refractivity contribution is 7.80. The Morgan fingerprint density at radius 2 is 1.52 bits per heavy atom. The van der Waals surface area contributed by atoms with E-state index in [2.05, 4.69) is 26.5 Å². The zero-order chi connectivity index (χ0) is 17.5. The molecule has 0 atom stereocenters. The normalized spacial score (nSPS) is 13.1. The molecule has 132 valence electrons. The number of benzene rings is 1. The Hall–Kier alpha value is -0.333. The molecule has 0 spiro atoms. The van der Waals surface area contributed by atoms with Crippen LogP contribution in [0.5, 0.6) is 0 Å². The standard InChI is InChI=1S/C18H32O3SSi/c1-15(2)19-23(20-16(3)4,17-11-8-7-9-12-17)21-18(5,6)13-10-14-22/h7-9,11-12,15-16,22H,10,13-14H2,1-6H3. The molecular formula is C18H32O3SSi. The van der Waals surface area contributed by atoms with Crippen LogP contribution in [0, 0.1) is 0 Å². The quantitative estimate of drug-likeness (QED) is 0.503. The van der Waals surface area contributed by atoms with Gasteiger partial charge in [0.05, 0.1) is 5.60 Å². The smallest absolute Gasteiger partial charge is 0.367 e. The first-order valence-corrected chi connectivity index (χ1v) is 10.8. The maximum atomic E-state index is 6.60. The minimum absolute atomic E-state index is 0.0290. The Morgan fingerprint density at radius 1 is 1.00 bits per heavy atom. The van der Waals surface area contributed by atoms with Gasteiger partial charge in [-0.15, -0.1) is 0 Å². The van der Waals surface area contributed by atoms with Crippen LogP contribution in [0.25, 0.3) is 0 Å². The third kappa shape index (κ3) is 6.97. The molecule has 0 aliphatic carbocycles. The van der Waals surface area contributed by atoms with Gasteiger partial charge < -0.3 is 13.3 Å². The van der Waals surface area contributed by atoms with E-state index >= 15 is 0 Å². The minimum Gasteiger partial charge on any atom is -0.367 e. The van der Waals surface area contributed by atoms with Gasteiger partial charge in [-0.25, -0.2) is 0 Å². The average molecular weight is 357 g/mol. The summed E-state index contributed by atoms with van der Waals surface area (Å²) >= 11 is 4.32. The van der Waals surface area contributed by atoms with Crippen LogP contribution in [-0.2, 0) is 13.3 Å². The molecule has 5 heteroatoms. The van der Waals surface area contributed by atoms with Gasteiger partial charge in [0.25, 0.3) is 0 Å². The largest absolute Gasteiger partial charge is 0.538 e. The topological polar surface area (TPSA) is 27.7 Å². The number of hydrogen-bond donors (Lipinski definition) is 1. The summed E-state index contributed by atoms with van der Waals surface area (Å²) in [6.45, 7) is 12.3. The van der Waals surface area contributed by atoms with Crippen LogP contribution in [0.3, 0.4) is 0 Å². The van der Waals surface area contributed by atoms with E-state index in [0.29, 0.717) is 0 Å². The molecule has 1 aromatic rings. The summed E-state index contributed by atoms with van der Waals surface area (Å²) in [6, 6.07) is 10.1. The summed E-state index contributed by atoms with van der Waals surface area (Å²) in [5, 5.41) is 1.02. The molecule has 0 bridgehead atoms. The molecule has 0 amide bonds. The highest BCUT2D eigenvalue weighted by Gasteiger charge is 2.49. The van der Waals surface area contributed by atoms with Crippen molar-refractivity contribution in [1.29, 1.82) is 0 Å². The predicted octanol–water partition coefficient (Wildman–Crippen LogP) is 4.19. The molecule has 23 heavy (non-hydrogen) atoms. The lowest BCUT2D eigenvalue weighted by atomic mass is 10.0. The summed E-state index contributed by atoms with van der Waals surface area (Å²) in [5.41, 5.74) is -0.325. The third-order valence-electron chi connectivity index (χ3n) is 3.26. The average Bonchev–Trinajstić information content (AvgIpc) is 2.44. The van der Waals surface area contributed by atoms with Gasteiger partial charge in [0.15, 0.2) is 0 Å². The summed E-state index contributed by atoms with van der Waals surface area (Å²) in [6.07, 6.45) is 1.97. The van der Waals surface area contributed by atoms with Crippen LogP contribution in [0.4, 0.5) is 0 Å². The molecule has 1 rings (SSSR count). The van der Waals surface area contributed by atoms with Crippen LogP contribution in [0.1, 0.15) is 54.4 Å². The van der Waals surface area contributed by atoms with Gasteiger partial charge >= 0.3 is 8.80 Å². The van der Waals surface area contributed by atoms with E-state index in [9.17, 15) is 0 Å². The van der Waals surface area contributed by atoms with Crippen molar-refractivity contribution in [3.63, 3.8) is 0 Å². The Morgan fingerprint density at radius 3 is 1.96 bits per heavy atom. The van der Waals surface area contributed by atoms with Crippen molar-refractivity contribution in [1.82, 2.24) is 0 Å². The Bertz CT molecular complexity index is 439. The third-order valence-corrected chi connectivity index (χ3v) is 7.00. The Kier molecular flexibility index (Phi) is 8.31. The van der Waals surface area contributed by atoms with Crippen molar-refractivity contribution in [2.75, 3.05) is 5.75 Å². The maximum Gasteiger partial charge on any atom is 0.538 e. The van der Waals surface area contributed by atoms with Crippen LogP contribution in [0.15, 0.2) is 30.3 Å². The van der Waals surface area contributed by atoms with E-state index in [1.165, 1.54) is 0 Å². The molecular weight excluding hydrogens is 324 g/mol. The fourth-order valence-corrected chi connectivity index (χ4v) is 5.82. The molecule has 0 aliphatic heterocycles. The van der Waals surface area contributed by atoms with Crippen molar-refractivity contribution in [3.8, 4) is 0 Å². The van der Waals surface area contributed by atoms with E-state index in [0.717, 1.165) is 23.8 Å². The van der Waals surface area contributed by atoms with Crippen LogP contribution >= 0.6 is 12.6 Å². The lowest BCUT2D eigenvalue weighted by Gasteiger charge is -2.39. The van der Waals surface area contributed by atoms with Gasteiger partial charge in [-0.3, -0.25) is 0 Å². The zero-order valence-corrected chi connectivity index (χ0v) is 17.2. The SMILES string of the molecule is CC(C)O[Si](OC(C)C)(OC(C)(C)CCCS)c1ccccc1. The highest BCUT2D eigenvalue weighted by atomic mass is 32.1. The van der Waals surface area contributed by atoms with Crippen molar-refractivity contribution in [2.45, 2.75) is 72.2 Å². The lowest BCUT2D eigenvalue weighted by Crippen LogP contribution is -2.62. The molecule has 1 aromatic carbocycles. The van der Waals surface area contributed by atoms with Crippen molar-refractivity contribution in [3.05, 3.63) is 30.3 Å². The van der Waals surface area contributed by atoms with Gasteiger partial charge in [0, 0.05) is 17.4 Å². The van der Waals surface area contributed by atoms with E-state index in [4.69, 9.17) is 13.3 Å². The molecule has 0 heterocycles. The van der Waals surface area contributed by atoms with E-state index in [1.807, 2.05) is 58.0 Å². The summed E-state index contributed by atoms with van der Waals surface area (Å²) in [5.74, 6) is 0.850. The first-order valence-electron chi connectivity index (χ1n) is 8.43. The van der Waals surface area contributed by atoms with Crippen LogP contribution < -0.4 is 5.19 Å². The highest BCUT2D eigenvalue weighted by Crippen LogP contribution is 2.26. The fraction of sp³-hybridized carbons (Fsp3) is 0.667. The summed E-state index contributed by atoms with van der Waals surface area (Å²) < 4.78 is 19.2. The number of thiol groups is 1. The number of rotatable bonds is 10. The minimum atomic E-state index is -3.01. The van der Waals surface area contributed by atoms with Gasteiger partial charge in [0.2, 0.25) is 0 Å². The second-order valence-electron chi connectivity index (χ2n) is 6.94. The van der Waals surface area contributed by atoms with E-state index < -0.39 is 8.80 Å². The van der Waals surface area contributed by atoms with Crippen molar-refractivity contribution in [2.24, 2.45) is 0 Å². The van der Waals surface area contributed by atoms with Gasteiger partial charge in [0.1, 0.15) is 0 Å². The monoisotopic (exact) mass is 356 g/mol. The second kappa shape index (κ2) is 9.23. The summed E-state index contributed by atoms with van der Waals surface area (Å²) in [7, 11) is -3.01. The molecule has 0 fully saturated rings. The van der Waals surface area contributed by atoms with Gasteiger partial charge in [-0.05, 0) is 60.1 Å². The molecule has 0 aliphatic rings. The molecule has 0 saturated carbocycles. The zero-order valence-electron chi connectivity index (χ0n) is 15.3. The lowest BCUT2D eigenvalue weighted by molar-refractivity contribution is -0.0301. The van der Waals surface area contributed by atoms with Crippen molar-refractivity contribution < 1.29 is 13.3 Å². The molecule has 3 nitrogen and oxygen atoms in total. The molecule has 0 unspecified atom stereocenters. The van der Waals surface area contributed by atoms with Crippen LogP contribution in [0.2, 0.25) is 0 Å². The number of hydrogen-bond acceptors (Lipinski definition) is 4. The molecule has 0 aromatic heterocycles. The first kappa shape index (κ1) is 20.7. The fourth-order valence-electron chi connectivity index (χ4n) is 2.45. The predicted molar refractivity (Wildman–Crippen MR) is 103 cm³/mol. The Balaban J connectivity index is 3.21. The van der Waals surface area contributed by atoms with Gasteiger partial charge in [-0.1, -0.05) is 30.3 Å². The summed E-state index contributed by atoms with van der Waals surface area (Å²) in [4.78, 5) is 0. The molecule has 0 N–H and O–H groups in total. The van der Waals surface area contributed by atoms with Gasteiger partial charge in [-0.2, -0.15) is 12.6 Å². The van der Waals surface area contributed by atoms with E-state index in [-0.39, 0.29) is 17.8 Å². The van der Waals surface area contributed by atoms with Crippen molar-refractivity contribution >= 4 is 26.6 Å². The van der Waals surface area contributed by atoms with E-state index in [1.54, 1.807) is 0 Å². The molecule has 0 radical (unpaired) electrons. The van der Waals surface area contributed by atoms with Crippen LogP contribution in [-0.4, -0.2) is 32.4 Å². The maximum absolute atomic E-state index is 6.60. The second-order valence-corrected chi connectivity index (χ2v) is 9.76. The Labute approximate surface area is 148 Å². The first-order chi connectivity index (χ1) is 10.7. The molecule has 0 saturated heterocycles.